The van der Waals surface area contributed by atoms with Crippen molar-refractivity contribution in [2.75, 3.05) is 6.61 Å². The molecule has 2 aromatic rings. The van der Waals surface area contributed by atoms with Crippen LogP contribution in [0.3, 0.4) is 0 Å². The topological polar surface area (TPSA) is 66.0 Å². The van der Waals surface area contributed by atoms with Crippen LogP contribution in [0.4, 0.5) is 0 Å². The Kier molecular flexibility index (Phi) is 3.12. The van der Waals surface area contributed by atoms with E-state index in [1.807, 2.05) is 18.2 Å². The fourth-order valence-corrected chi connectivity index (χ4v) is 1.52. The second-order valence-corrected chi connectivity index (χ2v) is 3.44. The number of carbonyl (C=O) groups is 1. The third-order valence-electron chi connectivity index (χ3n) is 2.32. The van der Waals surface area contributed by atoms with Crippen LogP contribution in [-0.4, -0.2) is 28.0 Å². The lowest BCUT2D eigenvalue weighted by Crippen LogP contribution is -1.82. The van der Waals surface area contributed by atoms with Crippen LogP contribution in [0.5, 0.6) is 0 Å². The van der Waals surface area contributed by atoms with Crippen LogP contribution in [0.1, 0.15) is 22.3 Å². The second kappa shape index (κ2) is 4.72. The number of aromatic amines is 1. The molecular weight excluding hydrogens is 204 g/mol. The van der Waals surface area contributed by atoms with Crippen LogP contribution in [0.15, 0.2) is 24.5 Å². The number of carbonyl (C=O) groups excluding carboxylic acids is 1. The highest BCUT2D eigenvalue weighted by Crippen LogP contribution is 2.16. The summed E-state index contributed by atoms with van der Waals surface area (Å²) in [5.41, 5.74) is 2.24. The molecule has 2 rings (SSSR count). The minimum Gasteiger partial charge on any atom is -0.396 e. The molecule has 0 aliphatic rings. The number of H-pyrrole nitrogens is 1. The van der Waals surface area contributed by atoms with E-state index in [1.165, 1.54) is 0 Å². The maximum absolute atomic E-state index is 10.8. The van der Waals surface area contributed by atoms with Crippen molar-refractivity contribution in [2.24, 2.45) is 0 Å². The van der Waals surface area contributed by atoms with E-state index in [2.05, 4.69) is 9.97 Å². The number of hydrogen-bond acceptors (Lipinski definition) is 3. The number of aromatic nitrogens is 2. The number of aliphatic hydroxyl groups excluding tert-OH is 1. The molecule has 16 heavy (non-hydrogen) atoms. The molecule has 0 saturated carbocycles. The summed E-state index contributed by atoms with van der Waals surface area (Å²) in [5, 5.41) is 9.47. The molecule has 0 aromatic carbocycles. The van der Waals surface area contributed by atoms with Gasteiger partial charge in [-0.1, -0.05) is 12.2 Å². The van der Waals surface area contributed by atoms with Gasteiger partial charge in [-0.05, 0) is 18.1 Å². The van der Waals surface area contributed by atoms with Gasteiger partial charge in [0.05, 0.1) is 0 Å². The summed E-state index contributed by atoms with van der Waals surface area (Å²) in [6.45, 7) is 0.135. The highest BCUT2D eigenvalue weighted by Gasteiger charge is 2.03. The summed E-state index contributed by atoms with van der Waals surface area (Å²) < 4.78 is 0. The van der Waals surface area contributed by atoms with Crippen molar-refractivity contribution in [3.8, 4) is 0 Å². The van der Waals surface area contributed by atoms with Gasteiger partial charge in [0, 0.05) is 30.0 Å². The molecule has 0 saturated heterocycles. The number of rotatable bonds is 4. The summed E-state index contributed by atoms with van der Waals surface area (Å²) in [5.74, 6) is 0. The van der Waals surface area contributed by atoms with E-state index < -0.39 is 0 Å². The Hall–Kier alpha value is -1.94. The number of nitrogens with zero attached hydrogens (tertiary/aromatic N) is 1. The van der Waals surface area contributed by atoms with Crippen LogP contribution in [0.25, 0.3) is 17.1 Å². The third-order valence-corrected chi connectivity index (χ3v) is 2.32. The number of fused-ring (bicyclic) bond motifs is 1. The zero-order chi connectivity index (χ0) is 11.4. The Labute approximate surface area is 92.6 Å². The van der Waals surface area contributed by atoms with Crippen LogP contribution in [0.2, 0.25) is 0 Å². The van der Waals surface area contributed by atoms with Gasteiger partial charge in [-0.3, -0.25) is 4.79 Å². The van der Waals surface area contributed by atoms with Gasteiger partial charge >= 0.3 is 0 Å². The lowest BCUT2D eigenvalue weighted by atomic mass is 10.1. The van der Waals surface area contributed by atoms with Crippen LogP contribution in [-0.2, 0) is 0 Å². The molecular formula is C12H12N2O2. The van der Waals surface area contributed by atoms with Crippen LogP contribution < -0.4 is 0 Å². The molecule has 0 unspecified atom stereocenters. The SMILES string of the molecule is O=Cc1c[nH]c2ncc(C=CCCO)cc12. The van der Waals surface area contributed by atoms with Crippen molar-refractivity contribution in [3.63, 3.8) is 0 Å². The molecule has 4 heteroatoms. The first-order valence-electron chi connectivity index (χ1n) is 5.05. The highest BCUT2D eigenvalue weighted by atomic mass is 16.2. The first-order valence-corrected chi connectivity index (χ1v) is 5.05. The van der Waals surface area contributed by atoms with E-state index >= 15 is 0 Å². The van der Waals surface area contributed by atoms with Crippen molar-refractivity contribution in [1.29, 1.82) is 0 Å². The lowest BCUT2D eigenvalue weighted by Gasteiger charge is -1.94. The summed E-state index contributed by atoms with van der Waals surface area (Å²) >= 11 is 0. The lowest BCUT2D eigenvalue weighted by molar-refractivity contribution is 0.112. The van der Waals surface area contributed by atoms with Gasteiger partial charge in [0.25, 0.3) is 0 Å². The van der Waals surface area contributed by atoms with E-state index in [4.69, 9.17) is 5.11 Å². The Balaban J connectivity index is 2.37. The standard InChI is InChI=1S/C12H12N2O2/c15-4-2-1-3-9-5-11-10(8-16)7-14-12(11)13-6-9/h1,3,5-8,15H,2,4H2,(H,13,14). The van der Waals surface area contributed by atoms with Gasteiger partial charge in [-0.15, -0.1) is 0 Å². The number of pyridine rings is 1. The van der Waals surface area contributed by atoms with Crippen LogP contribution >= 0.6 is 0 Å². The van der Waals surface area contributed by atoms with Crippen molar-refractivity contribution >= 4 is 23.4 Å². The van der Waals surface area contributed by atoms with E-state index in [0.29, 0.717) is 17.6 Å². The first-order chi connectivity index (χ1) is 7.85. The Bertz CT molecular complexity index is 529. The van der Waals surface area contributed by atoms with E-state index in [1.54, 1.807) is 12.4 Å². The van der Waals surface area contributed by atoms with E-state index in [0.717, 1.165) is 17.2 Å². The highest BCUT2D eigenvalue weighted by molar-refractivity contribution is 5.96. The number of hydrogen-bond donors (Lipinski definition) is 2. The average molecular weight is 216 g/mol. The van der Waals surface area contributed by atoms with Gasteiger partial charge in [0.1, 0.15) is 5.65 Å². The van der Waals surface area contributed by atoms with Crippen molar-refractivity contribution in [1.82, 2.24) is 9.97 Å². The molecule has 82 valence electrons. The van der Waals surface area contributed by atoms with Crippen molar-refractivity contribution in [2.45, 2.75) is 6.42 Å². The van der Waals surface area contributed by atoms with E-state index in [-0.39, 0.29) is 6.61 Å². The normalized spacial score (nSPS) is 11.3. The monoisotopic (exact) mass is 216 g/mol. The van der Waals surface area contributed by atoms with Gasteiger partial charge in [0.2, 0.25) is 0 Å². The molecule has 4 nitrogen and oxygen atoms in total. The summed E-state index contributed by atoms with van der Waals surface area (Å²) in [7, 11) is 0. The summed E-state index contributed by atoms with van der Waals surface area (Å²) in [4.78, 5) is 17.9. The van der Waals surface area contributed by atoms with Gasteiger partial charge in [0.15, 0.2) is 6.29 Å². The maximum Gasteiger partial charge on any atom is 0.152 e. The predicted octanol–water partition coefficient (Wildman–Crippen LogP) is 1.77. The predicted molar refractivity (Wildman–Crippen MR) is 62.2 cm³/mol. The van der Waals surface area contributed by atoms with Gasteiger partial charge in [-0.2, -0.15) is 0 Å². The molecule has 0 spiro atoms. The van der Waals surface area contributed by atoms with E-state index in [9.17, 15) is 4.79 Å². The minimum absolute atomic E-state index is 0.135. The molecule has 0 radical (unpaired) electrons. The molecule has 0 aliphatic carbocycles. The molecule has 0 bridgehead atoms. The average Bonchev–Trinajstić information content (AvgIpc) is 2.71. The maximum atomic E-state index is 10.8. The summed E-state index contributed by atoms with van der Waals surface area (Å²) in [6.07, 6.45) is 8.54. The Morgan fingerprint density at radius 1 is 1.50 bits per heavy atom. The number of aldehydes is 1. The molecule has 0 amide bonds. The quantitative estimate of drug-likeness (QED) is 0.765. The number of aliphatic hydroxyl groups is 1. The van der Waals surface area contributed by atoms with Gasteiger partial charge < -0.3 is 10.1 Å². The molecule has 2 heterocycles. The molecule has 0 fully saturated rings. The molecule has 2 aromatic heterocycles. The zero-order valence-electron chi connectivity index (χ0n) is 8.68. The van der Waals surface area contributed by atoms with Gasteiger partial charge in [-0.25, -0.2) is 4.98 Å². The van der Waals surface area contributed by atoms with Crippen molar-refractivity contribution < 1.29 is 9.90 Å². The largest absolute Gasteiger partial charge is 0.396 e. The van der Waals surface area contributed by atoms with Crippen molar-refractivity contribution in [3.05, 3.63) is 35.7 Å². The zero-order valence-corrected chi connectivity index (χ0v) is 8.68. The third kappa shape index (κ3) is 2.01. The Morgan fingerprint density at radius 3 is 3.12 bits per heavy atom. The van der Waals surface area contributed by atoms with Crippen LogP contribution in [0, 0.1) is 0 Å². The molecule has 0 aliphatic heterocycles. The minimum atomic E-state index is 0.135. The first kappa shape index (κ1) is 10.6. The second-order valence-electron chi connectivity index (χ2n) is 3.44. The molecule has 0 atom stereocenters. The smallest absolute Gasteiger partial charge is 0.152 e. The fourth-order valence-electron chi connectivity index (χ4n) is 1.52. The number of nitrogens with one attached hydrogen (secondary N) is 1. The molecule has 2 N–H and O–H groups in total. The summed E-state index contributed by atoms with van der Waals surface area (Å²) in [6, 6.07) is 1.90. The Morgan fingerprint density at radius 2 is 2.38 bits per heavy atom. The fraction of sp³-hybridized carbons (Fsp3) is 0.167.